The molecule has 0 spiro atoms. The zero-order valence-corrected chi connectivity index (χ0v) is 15.6. The van der Waals surface area contributed by atoms with E-state index < -0.39 is 0 Å². The van der Waals surface area contributed by atoms with E-state index in [1.165, 1.54) is 13.8 Å². The van der Waals surface area contributed by atoms with E-state index in [9.17, 15) is 19.2 Å². The molecule has 0 aromatic heterocycles. The number of carbonyl (C=O) groups is 4. The third-order valence-corrected chi connectivity index (χ3v) is 3.01. The van der Waals surface area contributed by atoms with Gasteiger partial charge in [0.05, 0.1) is 13.2 Å². The second kappa shape index (κ2) is 16.6. The van der Waals surface area contributed by atoms with Crippen LogP contribution in [0.5, 0.6) is 0 Å². The van der Waals surface area contributed by atoms with Gasteiger partial charge in [0.15, 0.2) is 0 Å². The number of Topliss-reactive ketones (excluding diaryl/α,β-unsaturated/α-hetero) is 2. The van der Waals surface area contributed by atoms with Gasteiger partial charge < -0.3 is 24.8 Å². The third kappa shape index (κ3) is 18.5. The number of nitrogens with one attached hydrogen (secondary N) is 2. The van der Waals surface area contributed by atoms with E-state index in [2.05, 4.69) is 10.6 Å². The number of ether oxygens (including phenoxy) is 3. The standard InChI is InChI=1S/C17H30N2O7/c1-14(20)4-6-18-16(22)12-25-9-3-8-24-10-11-26-13-17(23)19-7-5-15(2)21/h3-13H2,1-2H3,(H,18,22)(H,19,23). The summed E-state index contributed by atoms with van der Waals surface area (Å²) in [6.07, 6.45) is 1.27. The molecule has 0 aromatic carbocycles. The van der Waals surface area contributed by atoms with E-state index in [0.717, 1.165) is 0 Å². The zero-order valence-electron chi connectivity index (χ0n) is 15.6. The van der Waals surface area contributed by atoms with Crippen molar-refractivity contribution in [1.29, 1.82) is 0 Å². The molecule has 2 N–H and O–H groups in total. The molecule has 2 amide bonds. The first-order valence-corrected chi connectivity index (χ1v) is 8.67. The summed E-state index contributed by atoms with van der Waals surface area (Å²) in [5.41, 5.74) is 0. The molecule has 0 aliphatic heterocycles. The highest BCUT2D eigenvalue weighted by Crippen LogP contribution is 1.87. The number of ketones is 2. The SMILES string of the molecule is CC(=O)CCNC(=O)COCCCOCCOCC(=O)NCCC(C)=O. The molecule has 0 bridgehead atoms. The monoisotopic (exact) mass is 374 g/mol. The summed E-state index contributed by atoms with van der Waals surface area (Å²) in [4.78, 5) is 44.1. The van der Waals surface area contributed by atoms with E-state index in [1.54, 1.807) is 0 Å². The smallest absolute Gasteiger partial charge is 0.246 e. The van der Waals surface area contributed by atoms with Crippen LogP contribution in [0.3, 0.4) is 0 Å². The fourth-order valence-electron chi connectivity index (χ4n) is 1.67. The maximum absolute atomic E-state index is 11.3. The van der Waals surface area contributed by atoms with Crippen molar-refractivity contribution in [3.63, 3.8) is 0 Å². The predicted octanol–water partition coefficient (Wildman–Crippen LogP) is -0.383. The Hall–Kier alpha value is -1.84. The summed E-state index contributed by atoms with van der Waals surface area (Å²) >= 11 is 0. The molecule has 0 saturated carbocycles. The highest BCUT2D eigenvalue weighted by atomic mass is 16.5. The molecule has 9 heteroatoms. The fraction of sp³-hybridized carbons (Fsp3) is 0.765. The van der Waals surface area contributed by atoms with Gasteiger partial charge in [-0.1, -0.05) is 0 Å². The van der Waals surface area contributed by atoms with Crippen LogP contribution in [0.15, 0.2) is 0 Å². The topological polar surface area (TPSA) is 120 Å². The van der Waals surface area contributed by atoms with Crippen molar-refractivity contribution in [2.24, 2.45) is 0 Å². The third-order valence-electron chi connectivity index (χ3n) is 3.01. The van der Waals surface area contributed by atoms with Gasteiger partial charge >= 0.3 is 0 Å². The van der Waals surface area contributed by atoms with E-state index in [0.29, 0.717) is 58.8 Å². The number of hydrogen-bond acceptors (Lipinski definition) is 7. The van der Waals surface area contributed by atoms with Crippen molar-refractivity contribution in [3.05, 3.63) is 0 Å². The first-order chi connectivity index (χ1) is 12.4. The number of carbonyl (C=O) groups excluding carboxylic acids is 4. The van der Waals surface area contributed by atoms with Gasteiger partial charge in [-0.05, 0) is 20.3 Å². The maximum atomic E-state index is 11.3. The molecule has 0 saturated heterocycles. The van der Waals surface area contributed by atoms with Crippen LogP contribution in [-0.4, -0.2) is 76.1 Å². The summed E-state index contributed by atoms with van der Waals surface area (Å²) in [5.74, 6) is -0.457. The van der Waals surface area contributed by atoms with Crippen LogP contribution in [0.1, 0.15) is 33.1 Å². The van der Waals surface area contributed by atoms with Crippen molar-refractivity contribution >= 4 is 23.4 Å². The second-order valence-electron chi connectivity index (χ2n) is 5.68. The number of rotatable bonds is 17. The van der Waals surface area contributed by atoms with Crippen molar-refractivity contribution in [2.45, 2.75) is 33.1 Å². The van der Waals surface area contributed by atoms with Crippen molar-refractivity contribution in [1.82, 2.24) is 10.6 Å². The molecule has 0 atom stereocenters. The Morgan fingerprint density at radius 2 is 1.08 bits per heavy atom. The molecular formula is C17H30N2O7. The molecule has 0 aromatic rings. The lowest BCUT2D eigenvalue weighted by Gasteiger charge is -2.07. The average molecular weight is 374 g/mol. The van der Waals surface area contributed by atoms with Gasteiger partial charge in [0.2, 0.25) is 11.8 Å². The minimum Gasteiger partial charge on any atom is -0.379 e. The van der Waals surface area contributed by atoms with Gasteiger partial charge in [-0.25, -0.2) is 0 Å². The second-order valence-corrected chi connectivity index (χ2v) is 5.68. The average Bonchev–Trinajstić information content (AvgIpc) is 2.55. The molecular weight excluding hydrogens is 344 g/mol. The van der Waals surface area contributed by atoms with E-state index in [-0.39, 0.29) is 36.6 Å². The normalized spacial score (nSPS) is 10.4. The summed E-state index contributed by atoms with van der Waals surface area (Å²) < 4.78 is 15.6. The highest BCUT2D eigenvalue weighted by molar-refractivity contribution is 5.80. The van der Waals surface area contributed by atoms with Crippen molar-refractivity contribution in [3.8, 4) is 0 Å². The number of hydrogen-bond donors (Lipinski definition) is 2. The van der Waals surface area contributed by atoms with Crippen LogP contribution < -0.4 is 10.6 Å². The first-order valence-electron chi connectivity index (χ1n) is 8.67. The molecule has 26 heavy (non-hydrogen) atoms. The van der Waals surface area contributed by atoms with Crippen LogP contribution in [0.4, 0.5) is 0 Å². The Bertz CT molecular complexity index is 401. The van der Waals surface area contributed by atoms with Gasteiger partial charge in [0.25, 0.3) is 0 Å². The van der Waals surface area contributed by atoms with Gasteiger partial charge in [-0.2, -0.15) is 0 Å². The molecule has 0 aliphatic carbocycles. The summed E-state index contributed by atoms with van der Waals surface area (Å²) in [6.45, 7) is 4.97. The largest absolute Gasteiger partial charge is 0.379 e. The van der Waals surface area contributed by atoms with Gasteiger partial charge in [-0.3, -0.25) is 19.2 Å². The van der Waals surface area contributed by atoms with Gasteiger partial charge in [-0.15, -0.1) is 0 Å². The minimum atomic E-state index is -0.263. The van der Waals surface area contributed by atoms with Crippen LogP contribution in [0.25, 0.3) is 0 Å². The van der Waals surface area contributed by atoms with E-state index in [4.69, 9.17) is 14.2 Å². The molecule has 150 valence electrons. The predicted molar refractivity (Wildman–Crippen MR) is 93.7 cm³/mol. The molecule has 0 rings (SSSR count). The van der Waals surface area contributed by atoms with Crippen LogP contribution in [0.2, 0.25) is 0 Å². The molecule has 0 aliphatic rings. The van der Waals surface area contributed by atoms with Crippen molar-refractivity contribution in [2.75, 3.05) is 52.7 Å². The Labute approximate surface area is 154 Å². The molecule has 0 heterocycles. The van der Waals surface area contributed by atoms with Crippen molar-refractivity contribution < 1.29 is 33.4 Å². The van der Waals surface area contributed by atoms with Crippen LogP contribution in [0, 0.1) is 0 Å². The zero-order chi connectivity index (χ0) is 19.6. The first kappa shape index (κ1) is 24.2. The summed E-state index contributed by atoms with van der Waals surface area (Å²) in [5, 5.41) is 5.16. The molecule has 0 unspecified atom stereocenters. The highest BCUT2D eigenvalue weighted by Gasteiger charge is 2.03. The fourth-order valence-corrected chi connectivity index (χ4v) is 1.67. The lowest BCUT2D eigenvalue weighted by molar-refractivity contribution is -0.127. The van der Waals surface area contributed by atoms with E-state index >= 15 is 0 Å². The van der Waals surface area contributed by atoms with Crippen LogP contribution in [-0.2, 0) is 33.4 Å². The number of amides is 2. The van der Waals surface area contributed by atoms with Crippen LogP contribution >= 0.6 is 0 Å². The van der Waals surface area contributed by atoms with Gasteiger partial charge in [0.1, 0.15) is 24.8 Å². The summed E-state index contributed by atoms with van der Waals surface area (Å²) in [6, 6.07) is 0. The maximum Gasteiger partial charge on any atom is 0.246 e. The lowest BCUT2D eigenvalue weighted by atomic mass is 10.3. The quantitative estimate of drug-likeness (QED) is 0.333. The van der Waals surface area contributed by atoms with E-state index in [1.807, 2.05) is 0 Å². The summed E-state index contributed by atoms with van der Waals surface area (Å²) in [7, 11) is 0. The molecule has 0 radical (unpaired) electrons. The Balaban J connectivity index is 3.28. The lowest BCUT2D eigenvalue weighted by Crippen LogP contribution is -2.30. The van der Waals surface area contributed by atoms with Gasteiger partial charge in [0, 0.05) is 39.1 Å². The Morgan fingerprint density at radius 3 is 1.58 bits per heavy atom. The minimum absolute atomic E-state index is 0.0252. The Kier molecular flexibility index (Phi) is 15.4. The Morgan fingerprint density at radius 1 is 0.654 bits per heavy atom. The molecule has 0 fully saturated rings. The molecule has 9 nitrogen and oxygen atoms in total.